The lowest BCUT2D eigenvalue weighted by molar-refractivity contribution is -0.120. The second-order valence-corrected chi connectivity index (χ2v) is 8.64. The van der Waals surface area contributed by atoms with E-state index in [0.717, 1.165) is 12.8 Å². The van der Waals surface area contributed by atoms with E-state index in [1.54, 1.807) is 23.9 Å². The fourth-order valence-corrected chi connectivity index (χ4v) is 3.26. The first-order valence-electron chi connectivity index (χ1n) is 8.57. The van der Waals surface area contributed by atoms with Gasteiger partial charge in [-0.2, -0.15) is 0 Å². The van der Waals surface area contributed by atoms with Crippen LogP contribution >= 0.6 is 0 Å². The first-order valence-corrected chi connectivity index (χ1v) is 8.57. The van der Waals surface area contributed by atoms with Gasteiger partial charge in [-0.25, -0.2) is 4.98 Å². The second-order valence-electron chi connectivity index (χ2n) is 8.64. The lowest BCUT2D eigenvalue weighted by atomic mass is 10.1. The lowest BCUT2D eigenvalue weighted by Gasteiger charge is -2.21. The summed E-state index contributed by atoms with van der Waals surface area (Å²) in [7, 11) is 3.52. The van der Waals surface area contributed by atoms with E-state index in [1.807, 2.05) is 18.2 Å². The molecule has 0 radical (unpaired) electrons. The molecule has 0 aromatic carbocycles. The molecule has 1 heterocycles. The number of hydrogen-bond donors (Lipinski definition) is 0. The monoisotopic (exact) mass is 329 g/mol. The van der Waals surface area contributed by atoms with Crippen LogP contribution in [-0.4, -0.2) is 30.9 Å². The number of amides is 2. The van der Waals surface area contributed by atoms with Gasteiger partial charge in [0.1, 0.15) is 11.6 Å². The van der Waals surface area contributed by atoms with E-state index < -0.39 is 0 Å². The molecule has 2 atom stereocenters. The van der Waals surface area contributed by atoms with Gasteiger partial charge in [-0.1, -0.05) is 33.8 Å². The smallest absolute Gasteiger partial charge is 0.231 e. The largest absolute Gasteiger partial charge is 0.300 e. The predicted octanol–water partition coefficient (Wildman–Crippen LogP) is 3.10. The molecule has 2 saturated carbocycles. The van der Waals surface area contributed by atoms with Crippen LogP contribution in [0.15, 0.2) is 18.2 Å². The molecular formula is C19H27N3O2. The van der Waals surface area contributed by atoms with Crippen molar-refractivity contribution in [3.8, 4) is 0 Å². The average molecular weight is 329 g/mol. The van der Waals surface area contributed by atoms with Gasteiger partial charge >= 0.3 is 0 Å². The number of pyridine rings is 1. The number of anilines is 2. The number of carbonyl (C=O) groups excluding carboxylic acids is 2. The molecule has 0 saturated heterocycles. The summed E-state index contributed by atoms with van der Waals surface area (Å²) < 4.78 is 0. The highest BCUT2D eigenvalue weighted by atomic mass is 16.2. The van der Waals surface area contributed by atoms with Crippen LogP contribution in [0.3, 0.4) is 0 Å². The normalized spacial score (nSPS) is 25.8. The van der Waals surface area contributed by atoms with Gasteiger partial charge < -0.3 is 0 Å². The summed E-state index contributed by atoms with van der Waals surface area (Å²) >= 11 is 0. The highest BCUT2D eigenvalue weighted by Crippen LogP contribution is 2.53. The Morgan fingerprint density at radius 3 is 1.54 bits per heavy atom. The number of rotatable bonds is 4. The molecule has 130 valence electrons. The minimum atomic E-state index is 0.0691. The van der Waals surface area contributed by atoms with E-state index in [9.17, 15) is 9.59 Å². The molecule has 5 nitrogen and oxygen atoms in total. The summed E-state index contributed by atoms with van der Waals surface area (Å²) in [5.74, 6) is 1.52. The summed E-state index contributed by atoms with van der Waals surface area (Å²) in [6, 6.07) is 5.48. The highest BCUT2D eigenvalue weighted by Gasteiger charge is 2.52. The van der Waals surface area contributed by atoms with Gasteiger partial charge in [0.2, 0.25) is 11.8 Å². The van der Waals surface area contributed by atoms with E-state index >= 15 is 0 Å². The summed E-state index contributed by atoms with van der Waals surface area (Å²) in [4.78, 5) is 32.9. The van der Waals surface area contributed by atoms with E-state index in [0.29, 0.717) is 11.6 Å². The molecule has 2 fully saturated rings. The second kappa shape index (κ2) is 5.30. The topological polar surface area (TPSA) is 53.5 Å². The Morgan fingerprint density at radius 2 is 1.25 bits per heavy atom. The van der Waals surface area contributed by atoms with Crippen molar-refractivity contribution in [2.45, 2.75) is 40.5 Å². The minimum absolute atomic E-state index is 0.0691. The Hall–Kier alpha value is -1.91. The van der Waals surface area contributed by atoms with E-state index in [4.69, 9.17) is 0 Å². The van der Waals surface area contributed by atoms with Crippen LogP contribution in [-0.2, 0) is 9.59 Å². The van der Waals surface area contributed by atoms with Crippen molar-refractivity contribution in [2.24, 2.45) is 22.7 Å². The Kier molecular flexibility index (Phi) is 3.74. The summed E-state index contributed by atoms with van der Waals surface area (Å²) in [5, 5.41) is 0. The summed E-state index contributed by atoms with van der Waals surface area (Å²) in [6.07, 6.45) is 1.84. The fourth-order valence-electron chi connectivity index (χ4n) is 3.26. The first kappa shape index (κ1) is 16.9. The molecule has 2 aliphatic carbocycles. The van der Waals surface area contributed by atoms with E-state index in [-0.39, 0.29) is 34.5 Å². The maximum absolute atomic E-state index is 12.5. The first-order chi connectivity index (χ1) is 11.0. The Morgan fingerprint density at radius 1 is 0.917 bits per heavy atom. The summed E-state index contributed by atoms with van der Waals surface area (Å²) in [6.45, 7) is 8.43. The van der Waals surface area contributed by atoms with Crippen molar-refractivity contribution in [1.82, 2.24) is 4.98 Å². The molecule has 2 amide bonds. The molecule has 0 bridgehead atoms. The van der Waals surface area contributed by atoms with Crippen molar-refractivity contribution in [3.63, 3.8) is 0 Å². The zero-order valence-electron chi connectivity index (χ0n) is 15.5. The average Bonchev–Trinajstić information content (AvgIpc) is 3.38. The molecule has 1 aromatic rings. The Balaban J connectivity index is 1.74. The highest BCUT2D eigenvalue weighted by molar-refractivity contribution is 5.98. The van der Waals surface area contributed by atoms with Crippen LogP contribution < -0.4 is 9.80 Å². The minimum Gasteiger partial charge on any atom is -0.300 e. The number of nitrogens with zero attached hydrogens (tertiary/aromatic N) is 3. The number of carbonyl (C=O) groups is 2. The van der Waals surface area contributed by atoms with Gasteiger partial charge in [0.15, 0.2) is 0 Å². The maximum Gasteiger partial charge on any atom is 0.231 e. The van der Waals surface area contributed by atoms with Gasteiger partial charge in [0.25, 0.3) is 0 Å². The van der Waals surface area contributed by atoms with Gasteiger partial charge in [-0.3, -0.25) is 19.4 Å². The van der Waals surface area contributed by atoms with Gasteiger partial charge in [-0.15, -0.1) is 0 Å². The molecule has 0 unspecified atom stereocenters. The van der Waals surface area contributed by atoms with Crippen molar-refractivity contribution >= 4 is 23.5 Å². The lowest BCUT2D eigenvalue weighted by Crippen LogP contribution is -2.32. The van der Waals surface area contributed by atoms with Crippen molar-refractivity contribution in [1.29, 1.82) is 0 Å². The van der Waals surface area contributed by atoms with Crippen LogP contribution in [0.2, 0.25) is 0 Å². The van der Waals surface area contributed by atoms with Gasteiger partial charge in [-0.05, 0) is 35.8 Å². The van der Waals surface area contributed by atoms with Crippen LogP contribution in [0, 0.1) is 22.7 Å². The van der Waals surface area contributed by atoms with Crippen LogP contribution in [0.4, 0.5) is 11.6 Å². The molecule has 0 N–H and O–H groups in total. The van der Waals surface area contributed by atoms with Crippen LogP contribution in [0.1, 0.15) is 40.5 Å². The van der Waals surface area contributed by atoms with Crippen molar-refractivity contribution in [3.05, 3.63) is 18.2 Å². The third-order valence-corrected chi connectivity index (χ3v) is 5.69. The molecule has 5 heteroatoms. The quantitative estimate of drug-likeness (QED) is 0.853. The summed E-state index contributed by atoms with van der Waals surface area (Å²) in [5.41, 5.74) is 0.181. The van der Waals surface area contributed by atoms with E-state index in [1.165, 1.54) is 0 Å². The third kappa shape index (κ3) is 2.92. The van der Waals surface area contributed by atoms with Gasteiger partial charge in [0, 0.05) is 25.9 Å². The SMILES string of the molecule is CN(C(=O)[C@H]1CC1(C)C)c1cccc(N(C)C(=O)[C@H]2CC2(C)C)n1. The molecular weight excluding hydrogens is 302 g/mol. The Bertz CT molecular complexity index is 640. The zero-order chi connectivity index (χ0) is 17.9. The van der Waals surface area contributed by atoms with Crippen molar-refractivity contribution in [2.75, 3.05) is 23.9 Å². The number of hydrogen-bond acceptors (Lipinski definition) is 3. The molecule has 2 aliphatic rings. The molecule has 0 aliphatic heterocycles. The van der Waals surface area contributed by atoms with Crippen LogP contribution in [0.25, 0.3) is 0 Å². The maximum atomic E-state index is 12.5. The fraction of sp³-hybridized carbons (Fsp3) is 0.632. The predicted molar refractivity (Wildman–Crippen MR) is 94.8 cm³/mol. The molecule has 3 rings (SSSR count). The molecule has 24 heavy (non-hydrogen) atoms. The zero-order valence-corrected chi connectivity index (χ0v) is 15.5. The molecule has 1 aromatic heterocycles. The van der Waals surface area contributed by atoms with Gasteiger partial charge in [0.05, 0.1) is 0 Å². The van der Waals surface area contributed by atoms with Crippen molar-refractivity contribution < 1.29 is 9.59 Å². The standard InChI is InChI=1S/C19H27N3O2/c1-18(2)10-12(18)16(23)21(5)14-8-7-9-15(20-14)22(6)17(24)13-11-19(13,3)4/h7-9,12-13H,10-11H2,1-6H3/t12-,13-/m1/s1. The van der Waals surface area contributed by atoms with Crippen LogP contribution in [0.5, 0.6) is 0 Å². The van der Waals surface area contributed by atoms with E-state index in [2.05, 4.69) is 32.7 Å². The number of aromatic nitrogens is 1. The Labute approximate surface area is 144 Å². The molecule has 0 spiro atoms. The third-order valence-electron chi connectivity index (χ3n) is 5.69.